The number of amides is 2. The van der Waals surface area contributed by atoms with Crippen molar-refractivity contribution in [3.8, 4) is 17.4 Å². The Balaban J connectivity index is 2.03. The van der Waals surface area contributed by atoms with Crippen LogP contribution in [-0.2, 0) is 9.59 Å². The van der Waals surface area contributed by atoms with E-state index in [1.165, 1.54) is 6.08 Å². The average Bonchev–Trinajstić information content (AvgIpc) is 3.00. The molecule has 118 valence electrons. The topological polar surface area (TPSA) is 83.1 Å². The summed E-state index contributed by atoms with van der Waals surface area (Å²) < 4.78 is 5.71. The fourth-order valence-electron chi connectivity index (χ4n) is 2.40. The summed E-state index contributed by atoms with van der Waals surface area (Å²) in [5.41, 5.74) is 1.18. The van der Waals surface area contributed by atoms with E-state index in [-0.39, 0.29) is 11.1 Å². The monoisotopic (exact) mass is 338 g/mol. The van der Waals surface area contributed by atoms with E-state index in [2.05, 4.69) is 5.32 Å². The first kappa shape index (κ1) is 15.8. The molecule has 0 spiro atoms. The van der Waals surface area contributed by atoms with Crippen molar-refractivity contribution in [1.82, 2.24) is 5.32 Å². The van der Waals surface area contributed by atoms with Crippen LogP contribution in [0.1, 0.15) is 12.7 Å². The molecule has 6 heteroatoms. The number of hydrogen-bond donors (Lipinski definition) is 1. The maximum Gasteiger partial charge on any atom is 0.269 e. The van der Waals surface area contributed by atoms with Crippen LogP contribution in [0.15, 0.2) is 57.5 Å². The lowest BCUT2D eigenvalue weighted by atomic mass is 9.96. The second-order valence-corrected chi connectivity index (χ2v) is 5.54. The van der Waals surface area contributed by atoms with E-state index in [1.807, 2.05) is 18.2 Å². The lowest BCUT2D eigenvalue weighted by Gasteiger charge is -2.15. The predicted molar refractivity (Wildman–Crippen MR) is 88.6 cm³/mol. The lowest BCUT2D eigenvalue weighted by molar-refractivity contribution is -0.126. The smallest absolute Gasteiger partial charge is 0.269 e. The molecule has 1 aliphatic heterocycles. The Morgan fingerprint density at radius 1 is 1.17 bits per heavy atom. The Morgan fingerprint density at radius 2 is 1.92 bits per heavy atom. The molecule has 1 aromatic heterocycles. The number of carbonyl (C=O) groups excluding carboxylic acids is 2. The Hall–Kier alpha value is -3.10. The fourth-order valence-corrected chi connectivity index (χ4v) is 2.62. The van der Waals surface area contributed by atoms with Crippen molar-refractivity contribution < 1.29 is 14.0 Å². The normalized spacial score (nSPS) is 16.3. The molecule has 0 aliphatic carbocycles. The second kappa shape index (κ2) is 6.19. The summed E-state index contributed by atoms with van der Waals surface area (Å²) in [6.07, 6.45) is 1.49. The van der Waals surface area contributed by atoms with Crippen molar-refractivity contribution in [2.24, 2.45) is 0 Å². The largest absolute Gasteiger partial charge is 0.457 e. The molecular formula is C18H11ClN2O3. The van der Waals surface area contributed by atoms with Crippen LogP contribution >= 0.6 is 11.6 Å². The van der Waals surface area contributed by atoms with Gasteiger partial charge in [-0.1, -0.05) is 23.7 Å². The van der Waals surface area contributed by atoms with Crippen LogP contribution in [0, 0.1) is 11.3 Å². The van der Waals surface area contributed by atoms with E-state index in [1.54, 1.807) is 31.2 Å². The van der Waals surface area contributed by atoms with E-state index in [9.17, 15) is 9.59 Å². The lowest BCUT2D eigenvalue weighted by Crippen LogP contribution is -2.37. The molecule has 3 rings (SSSR count). The number of furan rings is 1. The first-order chi connectivity index (χ1) is 11.5. The number of nitriles is 1. The van der Waals surface area contributed by atoms with Gasteiger partial charge < -0.3 is 4.42 Å². The van der Waals surface area contributed by atoms with E-state index in [0.717, 1.165) is 5.56 Å². The van der Waals surface area contributed by atoms with Gasteiger partial charge in [-0.3, -0.25) is 14.9 Å². The van der Waals surface area contributed by atoms with Gasteiger partial charge in [-0.2, -0.15) is 5.26 Å². The SMILES string of the molecule is CC1=C(C#N)C(=O)NC(=O)/C1=C\c1ccc(-c2ccccc2Cl)o1. The maximum absolute atomic E-state index is 12.0. The van der Waals surface area contributed by atoms with Gasteiger partial charge in [0.15, 0.2) is 0 Å². The maximum atomic E-state index is 12.0. The van der Waals surface area contributed by atoms with Crippen LogP contribution in [0.4, 0.5) is 0 Å². The van der Waals surface area contributed by atoms with Gasteiger partial charge in [0.1, 0.15) is 23.2 Å². The highest BCUT2D eigenvalue weighted by Crippen LogP contribution is 2.30. The number of imide groups is 1. The van der Waals surface area contributed by atoms with Crippen molar-refractivity contribution in [2.45, 2.75) is 6.92 Å². The standard InChI is InChI=1S/C18H11ClN2O3/c1-10-13(17(22)21-18(23)14(10)9-20)8-11-6-7-16(24-11)12-4-2-3-5-15(12)19/h2-8H,1H3,(H,21,22,23)/b13-8-. The third kappa shape index (κ3) is 2.75. The van der Waals surface area contributed by atoms with E-state index in [4.69, 9.17) is 21.3 Å². The minimum Gasteiger partial charge on any atom is -0.457 e. The Bertz CT molecular complexity index is 961. The summed E-state index contributed by atoms with van der Waals surface area (Å²) in [4.78, 5) is 23.6. The first-order valence-electron chi connectivity index (χ1n) is 7.04. The molecule has 5 nitrogen and oxygen atoms in total. The molecule has 0 radical (unpaired) electrons. The molecule has 0 unspecified atom stereocenters. The number of rotatable bonds is 2. The highest BCUT2D eigenvalue weighted by atomic mass is 35.5. The number of halogens is 1. The van der Waals surface area contributed by atoms with Crippen LogP contribution in [0.5, 0.6) is 0 Å². The zero-order valence-corrected chi connectivity index (χ0v) is 13.3. The molecule has 1 aliphatic rings. The molecule has 0 saturated carbocycles. The van der Waals surface area contributed by atoms with Gasteiger partial charge >= 0.3 is 0 Å². The molecule has 24 heavy (non-hydrogen) atoms. The summed E-state index contributed by atoms with van der Waals surface area (Å²) >= 11 is 6.14. The molecule has 1 aromatic carbocycles. The number of nitrogens with one attached hydrogen (secondary N) is 1. The molecule has 0 fully saturated rings. The summed E-state index contributed by atoms with van der Waals surface area (Å²) in [5, 5.41) is 11.7. The van der Waals surface area contributed by atoms with Crippen molar-refractivity contribution >= 4 is 29.5 Å². The zero-order chi connectivity index (χ0) is 17.3. The highest BCUT2D eigenvalue weighted by Gasteiger charge is 2.27. The van der Waals surface area contributed by atoms with Gasteiger partial charge in [-0.05, 0) is 42.8 Å². The van der Waals surface area contributed by atoms with Gasteiger partial charge in [0, 0.05) is 11.1 Å². The Labute approximate surface area is 142 Å². The fraction of sp³-hybridized carbons (Fsp3) is 0.0556. The van der Waals surface area contributed by atoms with Gasteiger partial charge in [-0.25, -0.2) is 0 Å². The van der Waals surface area contributed by atoms with E-state index >= 15 is 0 Å². The molecular weight excluding hydrogens is 328 g/mol. The van der Waals surface area contributed by atoms with Crippen LogP contribution in [0.25, 0.3) is 17.4 Å². The van der Waals surface area contributed by atoms with Crippen molar-refractivity contribution in [3.63, 3.8) is 0 Å². The van der Waals surface area contributed by atoms with Crippen molar-refractivity contribution in [3.05, 3.63) is 63.9 Å². The van der Waals surface area contributed by atoms with Crippen molar-refractivity contribution in [2.75, 3.05) is 0 Å². The third-order valence-electron chi connectivity index (χ3n) is 3.64. The van der Waals surface area contributed by atoms with Gasteiger partial charge in [0.2, 0.25) is 0 Å². The molecule has 2 heterocycles. The second-order valence-electron chi connectivity index (χ2n) is 5.13. The first-order valence-corrected chi connectivity index (χ1v) is 7.42. The predicted octanol–water partition coefficient (Wildman–Crippen LogP) is 3.48. The summed E-state index contributed by atoms with van der Waals surface area (Å²) in [6.45, 7) is 1.55. The number of hydrogen-bond acceptors (Lipinski definition) is 4. The van der Waals surface area contributed by atoms with Gasteiger partial charge in [0.05, 0.1) is 5.02 Å². The van der Waals surface area contributed by atoms with E-state index in [0.29, 0.717) is 22.1 Å². The van der Waals surface area contributed by atoms with Crippen LogP contribution < -0.4 is 5.32 Å². The van der Waals surface area contributed by atoms with Crippen molar-refractivity contribution in [1.29, 1.82) is 5.26 Å². The average molecular weight is 339 g/mol. The summed E-state index contributed by atoms with van der Waals surface area (Å²) in [5.74, 6) is -0.275. The highest BCUT2D eigenvalue weighted by molar-refractivity contribution is 6.33. The van der Waals surface area contributed by atoms with Gasteiger partial charge in [-0.15, -0.1) is 0 Å². The summed E-state index contributed by atoms with van der Waals surface area (Å²) in [7, 11) is 0. The number of carbonyl (C=O) groups is 2. The number of nitrogens with zero attached hydrogens (tertiary/aromatic N) is 1. The minimum atomic E-state index is -0.687. The Kier molecular flexibility index (Phi) is 4.07. The zero-order valence-electron chi connectivity index (χ0n) is 12.6. The van der Waals surface area contributed by atoms with Crippen LogP contribution in [0.2, 0.25) is 5.02 Å². The quantitative estimate of drug-likeness (QED) is 0.671. The summed E-state index contributed by atoms with van der Waals surface area (Å²) in [6, 6.07) is 12.5. The molecule has 0 atom stereocenters. The molecule has 2 amide bonds. The van der Waals surface area contributed by atoms with Gasteiger partial charge in [0.25, 0.3) is 11.8 Å². The van der Waals surface area contributed by atoms with Crippen LogP contribution in [-0.4, -0.2) is 11.8 Å². The molecule has 1 N–H and O–H groups in total. The number of benzene rings is 1. The molecule has 2 aromatic rings. The Morgan fingerprint density at radius 3 is 2.62 bits per heavy atom. The van der Waals surface area contributed by atoms with E-state index < -0.39 is 11.8 Å². The van der Waals surface area contributed by atoms with Crippen LogP contribution in [0.3, 0.4) is 0 Å². The third-order valence-corrected chi connectivity index (χ3v) is 3.97. The molecule has 0 saturated heterocycles. The molecule has 0 bridgehead atoms. The minimum absolute atomic E-state index is 0.0845.